The summed E-state index contributed by atoms with van der Waals surface area (Å²) in [5.74, 6) is -0.0559. The summed E-state index contributed by atoms with van der Waals surface area (Å²) in [5, 5.41) is 5.42. The van der Waals surface area contributed by atoms with Gasteiger partial charge in [0.25, 0.3) is 0 Å². The lowest BCUT2D eigenvalue weighted by Crippen LogP contribution is -2.57. The van der Waals surface area contributed by atoms with Crippen LogP contribution in [0.3, 0.4) is 0 Å². The molecule has 96 valence electrons. The Balaban J connectivity index is 1.73. The maximum atomic E-state index is 11.7. The average molecular weight is 247 g/mol. The lowest BCUT2D eigenvalue weighted by Gasteiger charge is -2.37. The van der Waals surface area contributed by atoms with Gasteiger partial charge >= 0.3 is 6.03 Å². The molecule has 3 amide bonds. The van der Waals surface area contributed by atoms with Crippen molar-refractivity contribution in [2.24, 2.45) is 5.92 Å². The van der Waals surface area contributed by atoms with Crippen LogP contribution < -0.4 is 10.6 Å². The average Bonchev–Trinajstić information content (AvgIpc) is 2.35. The van der Waals surface area contributed by atoms with Gasteiger partial charge in [0.05, 0.1) is 5.92 Å². The molecule has 1 aromatic carbocycles. The number of benzene rings is 1. The summed E-state index contributed by atoms with van der Waals surface area (Å²) < 4.78 is 0. The van der Waals surface area contributed by atoms with Crippen LogP contribution in [-0.4, -0.2) is 37.0 Å². The van der Waals surface area contributed by atoms with E-state index in [1.165, 1.54) is 0 Å². The van der Waals surface area contributed by atoms with Crippen LogP contribution >= 0.6 is 0 Å². The van der Waals surface area contributed by atoms with E-state index in [1.807, 2.05) is 30.3 Å². The molecule has 0 unspecified atom stereocenters. The van der Waals surface area contributed by atoms with Crippen molar-refractivity contribution in [2.45, 2.75) is 6.54 Å². The van der Waals surface area contributed by atoms with Crippen LogP contribution in [0.4, 0.5) is 4.79 Å². The Morgan fingerprint density at radius 1 is 1.28 bits per heavy atom. The highest BCUT2D eigenvalue weighted by atomic mass is 16.2. The normalized spacial score (nSPS) is 14.8. The summed E-state index contributed by atoms with van der Waals surface area (Å²) in [6.45, 7) is 1.52. The Hall–Kier alpha value is -2.04. The third-order valence-corrected chi connectivity index (χ3v) is 3.07. The highest BCUT2D eigenvalue weighted by Gasteiger charge is 2.34. The molecule has 1 aliphatic rings. The van der Waals surface area contributed by atoms with E-state index in [9.17, 15) is 9.59 Å². The first-order valence-corrected chi connectivity index (χ1v) is 5.99. The minimum absolute atomic E-state index is 0.00195. The minimum atomic E-state index is -0.112. The molecule has 1 aromatic rings. The molecule has 2 N–H and O–H groups in total. The van der Waals surface area contributed by atoms with Gasteiger partial charge in [-0.05, 0) is 5.56 Å². The second-order valence-electron chi connectivity index (χ2n) is 4.36. The summed E-state index contributed by atoms with van der Waals surface area (Å²) in [6, 6.07) is 9.63. The minimum Gasteiger partial charge on any atom is -0.359 e. The van der Waals surface area contributed by atoms with E-state index in [0.717, 1.165) is 5.56 Å². The predicted octanol–water partition coefficient (Wildman–Crippen LogP) is 0.574. The highest BCUT2D eigenvalue weighted by Crippen LogP contribution is 2.15. The van der Waals surface area contributed by atoms with Crippen molar-refractivity contribution in [3.63, 3.8) is 0 Å². The van der Waals surface area contributed by atoms with E-state index in [4.69, 9.17) is 0 Å². The number of hydrogen-bond acceptors (Lipinski definition) is 2. The summed E-state index contributed by atoms with van der Waals surface area (Å²) in [5.41, 5.74) is 1.06. The molecule has 1 saturated heterocycles. The van der Waals surface area contributed by atoms with Crippen molar-refractivity contribution in [1.29, 1.82) is 0 Å². The number of rotatable bonds is 3. The molecule has 1 aliphatic heterocycles. The van der Waals surface area contributed by atoms with Crippen LogP contribution in [0.1, 0.15) is 5.56 Å². The third-order valence-electron chi connectivity index (χ3n) is 3.07. The van der Waals surface area contributed by atoms with E-state index >= 15 is 0 Å². The zero-order valence-electron chi connectivity index (χ0n) is 10.3. The van der Waals surface area contributed by atoms with Crippen molar-refractivity contribution in [3.8, 4) is 0 Å². The quantitative estimate of drug-likeness (QED) is 0.820. The lowest BCUT2D eigenvalue weighted by atomic mass is 10.00. The Morgan fingerprint density at radius 3 is 2.56 bits per heavy atom. The number of hydrogen-bond donors (Lipinski definition) is 2. The first-order valence-electron chi connectivity index (χ1n) is 5.99. The van der Waals surface area contributed by atoms with E-state index < -0.39 is 0 Å². The lowest BCUT2D eigenvalue weighted by molar-refractivity contribution is -0.128. The fraction of sp³-hybridized carbons (Fsp3) is 0.385. The maximum absolute atomic E-state index is 11.7. The third kappa shape index (κ3) is 2.80. The Bertz CT molecular complexity index is 427. The van der Waals surface area contributed by atoms with E-state index in [2.05, 4.69) is 10.6 Å². The molecular weight excluding hydrogens is 230 g/mol. The van der Waals surface area contributed by atoms with E-state index in [0.29, 0.717) is 19.6 Å². The zero-order valence-corrected chi connectivity index (χ0v) is 10.3. The molecule has 0 bridgehead atoms. The molecule has 0 aliphatic carbocycles. The van der Waals surface area contributed by atoms with Crippen LogP contribution in [0.5, 0.6) is 0 Å². The van der Waals surface area contributed by atoms with Crippen LogP contribution in [0.2, 0.25) is 0 Å². The van der Waals surface area contributed by atoms with Crippen LogP contribution in [0.25, 0.3) is 0 Å². The molecule has 5 heteroatoms. The van der Waals surface area contributed by atoms with Crippen molar-refractivity contribution < 1.29 is 9.59 Å². The highest BCUT2D eigenvalue weighted by molar-refractivity contribution is 5.83. The standard InChI is InChI=1S/C13H17N3O2/c1-14-12(17)11-8-16(9-11)13(18)15-7-10-5-3-2-4-6-10/h2-6,11H,7-9H2,1H3,(H,14,17)(H,15,18). The monoisotopic (exact) mass is 247 g/mol. The Morgan fingerprint density at radius 2 is 1.94 bits per heavy atom. The van der Waals surface area contributed by atoms with Crippen molar-refractivity contribution in [2.75, 3.05) is 20.1 Å². The van der Waals surface area contributed by atoms with E-state index in [1.54, 1.807) is 11.9 Å². The molecule has 0 spiro atoms. The second kappa shape index (κ2) is 5.53. The van der Waals surface area contributed by atoms with Gasteiger partial charge in [-0.3, -0.25) is 4.79 Å². The molecule has 1 heterocycles. The molecule has 5 nitrogen and oxygen atoms in total. The smallest absolute Gasteiger partial charge is 0.317 e. The van der Waals surface area contributed by atoms with Crippen molar-refractivity contribution in [3.05, 3.63) is 35.9 Å². The molecule has 0 atom stereocenters. The molecule has 18 heavy (non-hydrogen) atoms. The molecule has 0 saturated carbocycles. The molecule has 0 radical (unpaired) electrons. The van der Waals surface area contributed by atoms with Crippen LogP contribution in [0.15, 0.2) is 30.3 Å². The molecule has 0 aromatic heterocycles. The number of amides is 3. The van der Waals surface area contributed by atoms with Gasteiger partial charge in [0.1, 0.15) is 0 Å². The second-order valence-corrected chi connectivity index (χ2v) is 4.36. The van der Waals surface area contributed by atoms with Crippen molar-refractivity contribution >= 4 is 11.9 Å². The van der Waals surface area contributed by atoms with Gasteiger partial charge in [0.2, 0.25) is 5.91 Å². The summed E-state index contributed by atoms with van der Waals surface area (Å²) in [7, 11) is 1.61. The largest absolute Gasteiger partial charge is 0.359 e. The van der Waals surface area contributed by atoms with Crippen LogP contribution in [0, 0.1) is 5.92 Å². The number of nitrogens with one attached hydrogen (secondary N) is 2. The first-order chi connectivity index (χ1) is 8.70. The van der Waals surface area contributed by atoms with Crippen molar-refractivity contribution in [1.82, 2.24) is 15.5 Å². The van der Waals surface area contributed by atoms with Gasteiger partial charge in [-0.15, -0.1) is 0 Å². The van der Waals surface area contributed by atoms with Gasteiger partial charge in [-0.25, -0.2) is 4.79 Å². The Labute approximate surface area is 106 Å². The predicted molar refractivity (Wildman–Crippen MR) is 67.8 cm³/mol. The SMILES string of the molecule is CNC(=O)C1CN(C(=O)NCc2ccccc2)C1. The number of urea groups is 1. The summed E-state index contributed by atoms with van der Waals surface area (Å²) in [6.07, 6.45) is 0. The number of nitrogens with zero attached hydrogens (tertiary/aromatic N) is 1. The fourth-order valence-electron chi connectivity index (χ4n) is 1.90. The van der Waals surface area contributed by atoms with Gasteiger partial charge < -0.3 is 15.5 Å². The molecule has 2 rings (SSSR count). The molecular formula is C13H17N3O2. The van der Waals surface area contributed by atoms with Gasteiger partial charge in [0, 0.05) is 26.7 Å². The first kappa shape index (κ1) is 12.4. The summed E-state index contributed by atoms with van der Waals surface area (Å²) in [4.78, 5) is 24.7. The topological polar surface area (TPSA) is 61.4 Å². The maximum Gasteiger partial charge on any atom is 0.317 e. The van der Waals surface area contributed by atoms with Gasteiger partial charge in [0.15, 0.2) is 0 Å². The number of carbonyl (C=O) groups is 2. The number of likely N-dealkylation sites (tertiary alicyclic amines) is 1. The Kier molecular flexibility index (Phi) is 3.82. The molecule has 1 fully saturated rings. The van der Waals surface area contributed by atoms with Gasteiger partial charge in [-0.2, -0.15) is 0 Å². The summed E-state index contributed by atoms with van der Waals surface area (Å²) >= 11 is 0. The fourth-order valence-corrected chi connectivity index (χ4v) is 1.90. The van der Waals surface area contributed by atoms with Crippen LogP contribution in [-0.2, 0) is 11.3 Å². The van der Waals surface area contributed by atoms with E-state index in [-0.39, 0.29) is 17.9 Å². The number of carbonyl (C=O) groups excluding carboxylic acids is 2. The zero-order chi connectivity index (χ0) is 13.0. The van der Waals surface area contributed by atoms with Gasteiger partial charge in [-0.1, -0.05) is 30.3 Å².